The van der Waals surface area contributed by atoms with Gasteiger partial charge in [-0.2, -0.15) is 0 Å². The zero-order valence-corrected chi connectivity index (χ0v) is 71.2. The van der Waals surface area contributed by atoms with Gasteiger partial charge in [-0.1, -0.05) is 303 Å². The van der Waals surface area contributed by atoms with E-state index in [1.54, 1.807) is 0 Å². The van der Waals surface area contributed by atoms with Crippen molar-refractivity contribution in [1.29, 1.82) is 0 Å². The van der Waals surface area contributed by atoms with Crippen LogP contribution in [0.15, 0.2) is 437 Å². The lowest BCUT2D eigenvalue weighted by Crippen LogP contribution is -2.01. The van der Waals surface area contributed by atoms with Gasteiger partial charge in [0.1, 0.15) is 33.5 Å². The van der Waals surface area contributed by atoms with Crippen molar-refractivity contribution in [2.45, 2.75) is 0 Å². The number of para-hydroxylation sites is 5. The Morgan fingerprint density at radius 3 is 1.14 bits per heavy atom. The average molecular weight is 1700 g/mol. The minimum Gasteiger partial charge on any atom is -0.309 e. The normalized spacial score (nSPS) is 11.8. The molecule has 0 amide bonds. The van der Waals surface area contributed by atoms with Crippen LogP contribution < -0.4 is 0 Å². The van der Waals surface area contributed by atoms with Gasteiger partial charge in [-0.15, -0.1) is 0 Å². The number of fused-ring (bicyclic) bond motifs is 24. The van der Waals surface area contributed by atoms with Crippen molar-refractivity contribution in [1.82, 2.24) is 77.2 Å². The molecule has 0 unspecified atom stereocenters. The van der Waals surface area contributed by atoms with E-state index in [9.17, 15) is 0 Å². The van der Waals surface area contributed by atoms with Crippen molar-refractivity contribution in [2.75, 3.05) is 0 Å². The number of hydrogen-bond donors (Lipinski definition) is 0. The summed E-state index contributed by atoms with van der Waals surface area (Å²) in [5.41, 5.74) is 30.4. The largest absolute Gasteiger partial charge is 0.309 e. The van der Waals surface area contributed by atoms with Gasteiger partial charge >= 0.3 is 0 Å². The Labute approximate surface area is 759 Å². The van der Waals surface area contributed by atoms with Crippen LogP contribution in [-0.4, -0.2) is 77.2 Å². The lowest BCUT2D eigenvalue weighted by Gasteiger charge is -2.16. The second-order valence-electron chi connectivity index (χ2n) is 33.3. The summed E-state index contributed by atoms with van der Waals surface area (Å²) in [7, 11) is 0. The molecule has 0 fully saturated rings. The van der Waals surface area contributed by atoms with Gasteiger partial charge in [0.2, 0.25) is 0 Å². The molecule has 28 rings (SSSR count). The SMILES string of the molecule is c1ccc(-c2ccc(-c3nc(-c4ccccc4)nc(-c4ccc5c(c4)c(-c4ccccc4)nc4c5nc5ccccn54)n3)cc2)cc1.c1ccc(-c2nc3c(nc4ccccn43)c3ccc(-c4ccc5ccc6cccnc6c5n4)cc23)cc1.c1ccc2c(c1)nc(-c1cc(-n3c4ccccc4c4ccccc43)cc(-n3c4ccccc4c4ccccc43)c1)c1c2nc2ccccn21. The maximum Gasteiger partial charge on any atom is 0.165 e. The van der Waals surface area contributed by atoms with E-state index in [2.05, 4.69) is 320 Å². The van der Waals surface area contributed by atoms with Crippen LogP contribution in [0.5, 0.6) is 0 Å². The van der Waals surface area contributed by atoms with Gasteiger partial charge in [0.05, 0.1) is 66.9 Å². The Kier molecular flexibility index (Phi) is 17.8. The van der Waals surface area contributed by atoms with Crippen molar-refractivity contribution in [3.8, 4) is 102 Å². The van der Waals surface area contributed by atoms with Gasteiger partial charge in [-0.05, 0) is 120 Å². The van der Waals surface area contributed by atoms with Crippen LogP contribution in [-0.2, 0) is 0 Å². The van der Waals surface area contributed by atoms with Crippen molar-refractivity contribution in [3.05, 3.63) is 437 Å². The van der Waals surface area contributed by atoms with Crippen LogP contribution in [0.1, 0.15) is 0 Å². The number of pyridine rings is 8. The number of rotatable bonds is 10. The maximum absolute atomic E-state index is 5.41. The molecule has 0 saturated heterocycles. The molecule has 16 heteroatoms. The second kappa shape index (κ2) is 31.3. The molecule has 0 aliphatic rings. The molecule has 0 radical (unpaired) electrons. The fourth-order valence-corrected chi connectivity index (χ4v) is 19.3. The molecular formula is C117H72N16. The number of benzene rings is 14. The molecule has 16 nitrogen and oxygen atoms in total. The van der Waals surface area contributed by atoms with E-state index in [0.717, 1.165) is 183 Å². The highest BCUT2D eigenvalue weighted by molar-refractivity contribution is 6.16. The Balaban J connectivity index is 0.000000105. The summed E-state index contributed by atoms with van der Waals surface area (Å²) in [5, 5.41) is 12.3. The third-order valence-corrected chi connectivity index (χ3v) is 25.5. The van der Waals surface area contributed by atoms with Crippen LogP contribution in [0.25, 0.3) is 250 Å². The lowest BCUT2D eigenvalue weighted by atomic mass is 9.99. The van der Waals surface area contributed by atoms with E-state index in [4.69, 9.17) is 49.8 Å². The molecular weight excluding hydrogens is 1630 g/mol. The minimum atomic E-state index is 0.594. The monoisotopic (exact) mass is 1700 g/mol. The maximum atomic E-state index is 5.41. The molecule has 0 spiro atoms. The Morgan fingerprint density at radius 2 is 0.594 bits per heavy atom. The van der Waals surface area contributed by atoms with Crippen LogP contribution in [0, 0.1) is 0 Å². The van der Waals surface area contributed by atoms with E-state index < -0.39 is 0 Å². The molecule has 28 aromatic rings. The fraction of sp³-hybridized carbons (Fsp3) is 0. The number of aromatic nitrogens is 16. The smallest absolute Gasteiger partial charge is 0.165 e. The second-order valence-corrected chi connectivity index (χ2v) is 33.3. The topological polar surface area (TPSA) is 165 Å². The van der Waals surface area contributed by atoms with Crippen LogP contribution >= 0.6 is 0 Å². The van der Waals surface area contributed by atoms with Crippen LogP contribution in [0.3, 0.4) is 0 Å². The predicted octanol–water partition coefficient (Wildman–Crippen LogP) is 27.9. The molecule has 620 valence electrons. The number of hydrogen-bond acceptors (Lipinski definition) is 11. The van der Waals surface area contributed by atoms with E-state index in [1.165, 1.54) is 49.2 Å². The van der Waals surface area contributed by atoms with E-state index >= 15 is 0 Å². The quantitative estimate of drug-likeness (QED) is 0.120. The van der Waals surface area contributed by atoms with E-state index in [1.807, 2.05) is 144 Å². The highest BCUT2D eigenvalue weighted by Crippen LogP contribution is 2.44. The molecule has 14 aromatic carbocycles. The molecule has 0 bridgehead atoms. The van der Waals surface area contributed by atoms with Gasteiger partial charge in [0.25, 0.3) is 0 Å². The first-order chi connectivity index (χ1) is 65.9. The third-order valence-electron chi connectivity index (χ3n) is 25.5. The van der Waals surface area contributed by atoms with E-state index in [0.29, 0.717) is 17.5 Å². The minimum absolute atomic E-state index is 0.594. The molecule has 0 N–H and O–H groups in total. The van der Waals surface area contributed by atoms with Crippen LogP contribution in [0.2, 0.25) is 0 Å². The summed E-state index contributed by atoms with van der Waals surface area (Å²) >= 11 is 0. The first-order valence-electron chi connectivity index (χ1n) is 44.4. The summed E-state index contributed by atoms with van der Waals surface area (Å²) in [4.78, 5) is 55.5. The predicted molar refractivity (Wildman–Crippen MR) is 540 cm³/mol. The Morgan fingerprint density at radius 1 is 0.195 bits per heavy atom. The molecule has 14 heterocycles. The number of imidazole rings is 3. The molecule has 133 heavy (non-hydrogen) atoms. The van der Waals surface area contributed by atoms with Crippen molar-refractivity contribution < 1.29 is 0 Å². The number of nitrogens with zero attached hydrogens (tertiary/aromatic N) is 16. The van der Waals surface area contributed by atoms with Gasteiger partial charge < -0.3 is 9.13 Å². The molecule has 0 aliphatic heterocycles. The fourth-order valence-electron chi connectivity index (χ4n) is 19.3. The Hall–Kier alpha value is -18.4. The molecule has 0 saturated carbocycles. The van der Waals surface area contributed by atoms with Gasteiger partial charge in [0, 0.05) is 134 Å². The van der Waals surface area contributed by atoms with Crippen molar-refractivity contribution in [2.24, 2.45) is 0 Å². The summed E-state index contributed by atoms with van der Waals surface area (Å²) in [6.07, 6.45) is 7.94. The first-order valence-corrected chi connectivity index (χ1v) is 44.4. The summed E-state index contributed by atoms with van der Waals surface area (Å²) in [5.74, 6) is 1.83. The first kappa shape index (κ1) is 75.9. The standard InChI is InChI=1S/C44H27N5.C41H26N6.C32H19N5/c1-6-18-36-35(17-1)43-44(47-24-12-11-23-41(47)46-43)42(45-36)28-25-29(48-37-19-7-2-13-31(37)32-14-3-8-20-38(32)48)27-30(26-28)49-39-21-9-4-15-33(39)34-16-5-10-22-40(34)49;1-4-12-27(13-5-1)28-19-21-31(22-20-28)39-44-38(30-16-8-3-9-17-30)45-40(46-39)32-23-24-33-34(26-32)36(29-14-6-2-7-15-29)43-41-37(33)42-35-18-10-11-25-47(35)41;1-2-7-20(8-3-1)28-25-19-23(13-15-24(25)31-32(36-28)37-18-5-4-10-27(37)35-31)26-16-14-22-12-11-21-9-6-17-33-29(21)30(22)34-26/h1-27H;1-26H;1-19H. The highest BCUT2D eigenvalue weighted by atomic mass is 15.1. The molecule has 0 atom stereocenters. The van der Waals surface area contributed by atoms with Gasteiger partial charge in [0.15, 0.2) is 28.8 Å². The van der Waals surface area contributed by atoms with Gasteiger partial charge in [-0.25, -0.2) is 49.8 Å². The summed E-state index contributed by atoms with van der Waals surface area (Å²) < 4.78 is 11.1. The van der Waals surface area contributed by atoms with Gasteiger partial charge in [-0.3, -0.25) is 18.2 Å². The summed E-state index contributed by atoms with van der Waals surface area (Å²) in [6, 6.07) is 143. The molecule has 14 aromatic heterocycles. The highest BCUT2D eigenvalue weighted by Gasteiger charge is 2.25. The third kappa shape index (κ3) is 12.9. The molecule has 0 aliphatic carbocycles. The zero-order chi connectivity index (χ0) is 87.6. The summed E-state index contributed by atoms with van der Waals surface area (Å²) in [6.45, 7) is 0. The Bertz CT molecular complexity index is 9300. The van der Waals surface area contributed by atoms with Crippen molar-refractivity contribution in [3.63, 3.8) is 0 Å². The average Bonchev–Trinajstić information content (AvgIpc) is 1.67. The zero-order valence-electron chi connectivity index (χ0n) is 71.2. The van der Waals surface area contributed by atoms with E-state index in [-0.39, 0.29) is 0 Å². The van der Waals surface area contributed by atoms with Crippen molar-refractivity contribution >= 4 is 148 Å². The van der Waals surface area contributed by atoms with Crippen LogP contribution in [0.4, 0.5) is 0 Å². The lowest BCUT2D eigenvalue weighted by molar-refractivity contribution is 1.07.